The van der Waals surface area contributed by atoms with Gasteiger partial charge in [0.25, 0.3) is 11.6 Å². The van der Waals surface area contributed by atoms with Gasteiger partial charge >= 0.3 is 6.03 Å². The van der Waals surface area contributed by atoms with E-state index in [1.807, 2.05) is 6.07 Å². The Bertz CT molecular complexity index is 1200. The largest absolute Gasteiger partial charge is 0.497 e. The third-order valence-corrected chi connectivity index (χ3v) is 5.72. The number of aromatic nitrogens is 2. The third kappa shape index (κ3) is 5.49. The molecule has 178 valence electrons. The van der Waals surface area contributed by atoms with E-state index < -0.39 is 0 Å². The van der Waals surface area contributed by atoms with Crippen LogP contribution < -0.4 is 20.1 Å². The highest BCUT2D eigenvalue weighted by molar-refractivity contribution is 5.91. The number of nitrogens with zero attached hydrogens (tertiary/aromatic N) is 4. The number of anilines is 1. The summed E-state index contributed by atoms with van der Waals surface area (Å²) in [7, 11) is 3.04. The summed E-state index contributed by atoms with van der Waals surface area (Å²) in [5, 5.41) is 16.7. The number of benzene rings is 2. The van der Waals surface area contributed by atoms with E-state index in [-0.39, 0.29) is 34.4 Å². The van der Waals surface area contributed by atoms with Gasteiger partial charge in [0.05, 0.1) is 30.2 Å². The lowest BCUT2D eigenvalue weighted by Crippen LogP contribution is -2.45. The first-order valence-electron chi connectivity index (χ1n) is 10.9. The van der Waals surface area contributed by atoms with Gasteiger partial charge in [-0.2, -0.15) is 0 Å². The summed E-state index contributed by atoms with van der Waals surface area (Å²) in [5.74, 6) is 1.09. The lowest BCUT2D eigenvalue weighted by atomic mass is 10.0. The highest BCUT2D eigenvalue weighted by Gasteiger charge is 2.22. The Hall–Kier alpha value is -3.99. The van der Waals surface area contributed by atoms with Crippen molar-refractivity contribution in [3.05, 3.63) is 58.1 Å². The fourth-order valence-corrected chi connectivity index (χ4v) is 3.96. The van der Waals surface area contributed by atoms with E-state index in [0.29, 0.717) is 23.3 Å². The number of ether oxygens (including phenoxy) is 2. The number of urea groups is 1. The molecule has 0 aliphatic carbocycles. The maximum atomic E-state index is 12.6. The van der Waals surface area contributed by atoms with Gasteiger partial charge in [0.2, 0.25) is 0 Å². The zero-order chi connectivity index (χ0) is 24.1. The molecule has 11 nitrogen and oxygen atoms in total. The van der Waals surface area contributed by atoms with Crippen molar-refractivity contribution >= 4 is 28.6 Å². The van der Waals surface area contributed by atoms with Crippen molar-refractivity contribution in [1.29, 1.82) is 0 Å². The topological polar surface area (TPSA) is 132 Å². The van der Waals surface area contributed by atoms with E-state index in [1.165, 1.54) is 13.2 Å². The molecule has 1 aliphatic heterocycles. The van der Waals surface area contributed by atoms with Crippen LogP contribution in [0.25, 0.3) is 11.0 Å². The lowest BCUT2D eigenvalue weighted by Gasteiger charge is -2.32. The molecule has 3 aromatic rings. The summed E-state index contributed by atoms with van der Waals surface area (Å²) in [6.45, 7) is 2.17. The number of carbonyl (C=O) groups excluding carboxylic acids is 1. The molecule has 1 saturated heterocycles. The number of nitrogens with one attached hydrogen (secondary N) is 2. The number of carbonyl (C=O) groups is 1. The van der Waals surface area contributed by atoms with Crippen LogP contribution in [0.4, 0.5) is 16.3 Å². The molecule has 0 radical (unpaired) electrons. The summed E-state index contributed by atoms with van der Waals surface area (Å²) in [6, 6.07) is 11.6. The number of nitro benzene ring substituents is 1. The molecule has 2 heterocycles. The Balaban J connectivity index is 1.33. The number of methoxy groups -OCH3 is 2. The molecule has 0 atom stereocenters. The highest BCUT2D eigenvalue weighted by Crippen LogP contribution is 2.26. The Labute approximate surface area is 196 Å². The third-order valence-electron chi connectivity index (χ3n) is 5.72. The van der Waals surface area contributed by atoms with E-state index in [2.05, 4.69) is 25.5 Å². The maximum Gasteiger partial charge on any atom is 0.320 e. The number of rotatable bonds is 7. The number of piperidine rings is 1. The molecule has 1 fully saturated rings. The minimum absolute atomic E-state index is 0.000800. The Kier molecular flexibility index (Phi) is 7.02. The number of non-ortho nitro benzene ring substituents is 1. The van der Waals surface area contributed by atoms with Crippen LogP contribution in [0.5, 0.6) is 11.6 Å². The molecular weight excluding hydrogens is 440 g/mol. The van der Waals surface area contributed by atoms with E-state index in [4.69, 9.17) is 9.47 Å². The van der Waals surface area contributed by atoms with Crippen molar-refractivity contribution in [3.8, 4) is 11.6 Å². The van der Waals surface area contributed by atoms with Crippen LogP contribution in [0.15, 0.2) is 42.5 Å². The molecule has 2 aromatic carbocycles. The van der Waals surface area contributed by atoms with Gasteiger partial charge in [0.1, 0.15) is 5.75 Å². The minimum atomic E-state index is -0.385. The van der Waals surface area contributed by atoms with Crippen LogP contribution in [-0.4, -0.2) is 59.2 Å². The normalized spacial score (nSPS) is 14.5. The first-order valence-corrected chi connectivity index (χ1v) is 10.9. The first kappa shape index (κ1) is 23.2. The van der Waals surface area contributed by atoms with Crippen LogP contribution in [0, 0.1) is 10.1 Å². The standard InChI is InChI=1S/C23H26N6O5/c1-33-18-6-7-19-20(13-18)25-21(22(26-19)34-2)27-23(30)24-16-8-10-28(11-9-16)14-15-4-3-5-17(12-15)29(31)32/h3-7,12-13,16H,8-11,14H2,1-2H3,(H2,24,25,27,30). The molecule has 4 rings (SSSR count). The van der Waals surface area contributed by atoms with Gasteiger partial charge in [-0.25, -0.2) is 14.8 Å². The van der Waals surface area contributed by atoms with Gasteiger partial charge in [-0.1, -0.05) is 12.1 Å². The van der Waals surface area contributed by atoms with Gasteiger partial charge < -0.3 is 14.8 Å². The van der Waals surface area contributed by atoms with Crippen LogP contribution >= 0.6 is 0 Å². The lowest BCUT2D eigenvalue weighted by molar-refractivity contribution is -0.384. The molecule has 0 bridgehead atoms. The van der Waals surface area contributed by atoms with Crippen molar-refractivity contribution in [2.24, 2.45) is 0 Å². The summed E-state index contributed by atoms with van der Waals surface area (Å²) < 4.78 is 10.5. The summed E-state index contributed by atoms with van der Waals surface area (Å²) >= 11 is 0. The van der Waals surface area contributed by atoms with Gasteiger partial charge in [0.15, 0.2) is 5.82 Å². The molecule has 1 aliphatic rings. The second-order valence-corrected chi connectivity index (χ2v) is 8.01. The average molecular weight is 466 g/mol. The Morgan fingerprint density at radius 3 is 2.62 bits per heavy atom. The number of amides is 2. The van der Waals surface area contributed by atoms with Gasteiger partial charge in [-0.05, 0) is 30.5 Å². The molecule has 0 saturated carbocycles. The van der Waals surface area contributed by atoms with Crippen LogP contribution in [0.3, 0.4) is 0 Å². The second-order valence-electron chi connectivity index (χ2n) is 8.01. The predicted molar refractivity (Wildman–Crippen MR) is 126 cm³/mol. The number of hydrogen-bond donors (Lipinski definition) is 2. The van der Waals surface area contributed by atoms with Crippen molar-refractivity contribution in [3.63, 3.8) is 0 Å². The number of hydrogen-bond acceptors (Lipinski definition) is 8. The van der Waals surface area contributed by atoms with Crippen LogP contribution in [0.1, 0.15) is 18.4 Å². The molecule has 2 N–H and O–H groups in total. The van der Waals surface area contributed by atoms with E-state index in [0.717, 1.165) is 31.5 Å². The monoisotopic (exact) mass is 466 g/mol. The molecule has 34 heavy (non-hydrogen) atoms. The SMILES string of the molecule is COc1ccc2nc(OC)c(NC(=O)NC3CCN(Cc4cccc([N+](=O)[O-])c4)CC3)nc2c1. The van der Waals surface area contributed by atoms with Crippen LogP contribution in [0.2, 0.25) is 0 Å². The van der Waals surface area contributed by atoms with E-state index in [1.54, 1.807) is 37.4 Å². The molecule has 11 heteroatoms. The number of fused-ring (bicyclic) bond motifs is 1. The van der Waals surface area contributed by atoms with Gasteiger partial charge in [-0.15, -0.1) is 0 Å². The first-order chi connectivity index (χ1) is 16.4. The number of nitro groups is 1. The second kappa shape index (κ2) is 10.3. The number of likely N-dealkylation sites (tertiary alicyclic amines) is 1. The molecule has 0 unspecified atom stereocenters. The molecule has 1 aromatic heterocycles. The fraction of sp³-hybridized carbons (Fsp3) is 0.348. The van der Waals surface area contributed by atoms with E-state index >= 15 is 0 Å². The summed E-state index contributed by atoms with van der Waals surface area (Å²) in [4.78, 5) is 34.3. The summed E-state index contributed by atoms with van der Waals surface area (Å²) in [5.41, 5.74) is 2.19. The van der Waals surface area contributed by atoms with Gasteiger partial charge in [-0.3, -0.25) is 20.3 Å². The predicted octanol–water partition coefficient (Wildman–Crippen LogP) is 3.34. The minimum Gasteiger partial charge on any atom is -0.497 e. The van der Waals surface area contributed by atoms with Crippen LogP contribution in [-0.2, 0) is 6.54 Å². The van der Waals surface area contributed by atoms with E-state index in [9.17, 15) is 14.9 Å². The fourth-order valence-electron chi connectivity index (χ4n) is 3.96. The molecule has 2 amide bonds. The summed E-state index contributed by atoms with van der Waals surface area (Å²) in [6.07, 6.45) is 1.53. The van der Waals surface area contributed by atoms with Crippen molar-refractivity contribution in [2.45, 2.75) is 25.4 Å². The molecular formula is C23H26N6O5. The smallest absolute Gasteiger partial charge is 0.320 e. The zero-order valence-electron chi connectivity index (χ0n) is 19.0. The van der Waals surface area contributed by atoms with Gasteiger partial charge in [0, 0.05) is 43.9 Å². The van der Waals surface area contributed by atoms with Crippen molar-refractivity contribution in [2.75, 3.05) is 32.6 Å². The highest BCUT2D eigenvalue weighted by atomic mass is 16.6. The van der Waals surface area contributed by atoms with Crippen molar-refractivity contribution < 1.29 is 19.2 Å². The average Bonchev–Trinajstić information content (AvgIpc) is 2.84. The maximum absolute atomic E-state index is 12.6. The van der Waals surface area contributed by atoms with Crippen molar-refractivity contribution in [1.82, 2.24) is 20.2 Å². The molecule has 0 spiro atoms. The Morgan fingerprint density at radius 1 is 1.12 bits per heavy atom. The quantitative estimate of drug-likeness (QED) is 0.400. The zero-order valence-corrected chi connectivity index (χ0v) is 19.0. The Morgan fingerprint density at radius 2 is 1.91 bits per heavy atom.